The average molecular weight is 201 g/mol. The van der Waals surface area contributed by atoms with Gasteiger partial charge in [-0.2, -0.15) is 0 Å². The fourth-order valence-electron chi connectivity index (χ4n) is 1.29. The Hall–Kier alpha value is -0.610. The van der Waals surface area contributed by atoms with Crippen molar-refractivity contribution in [1.82, 2.24) is 4.90 Å². The van der Waals surface area contributed by atoms with E-state index in [1.165, 1.54) is 0 Å². The molecule has 0 saturated carbocycles. The van der Waals surface area contributed by atoms with Crippen molar-refractivity contribution in [1.29, 1.82) is 0 Å². The molecule has 84 valence electrons. The molecule has 0 rings (SSSR count). The Morgan fingerprint density at radius 1 is 1.43 bits per heavy atom. The van der Waals surface area contributed by atoms with Crippen molar-refractivity contribution in [3.8, 4) is 0 Å². The van der Waals surface area contributed by atoms with E-state index >= 15 is 0 Å². The van der Waals surface area contributed by atoms with Crippen LogP contribution in [0.15, 0.2) is 0 Å². The fourth-order valence-corrected chi connectivity index (χ4v) is 1.29. The van der Waals surface area contributed by atoms with Gasteiger partial charge in [0.25, 0.3) is 0 Å². The first-order valence-electron chi connectivity index (χ1n) is 5.12. The first-order valence-corrected chi connectivity index (χ1v) is 5.12. The molecule has 0 fully saturated rings. The van der Waals surface area contributed by atoms with Crippen LogP contribution in [0, 0.1) is 5.41 Å². The summed E-state index contributed by atoms with van der Waals surface area (Å²) >= 11 is 0. The number of carbonyl (C=O) groups excluding carboxylic acids is 1. The highest BCUT2D eigenvalue weighted by Crippen LogP contribution is 2.14. The van der Waals surface area contributed by atoms with E-state index in [9.17, 15) is 4.79 Å². The molecule has 0 heterocycles. The zero-order valence-corrected chi connectivity index (χ0v) is 9.55. The molecule has 4 N–H and O–H groups in total. The van der Waals surface area contributed by atoms with E-state index < -0.39 is 0 Å². The molecule has 0 saturated heterocycles. The molecule has 0 aliphatic carbocycles. The Bertz CT molecular complexity index is 180. The predicted octanol–water partition coefficient (Wildman–Crippen LogP) is 0.169. The second-order valence-electron chi connectivity index (χ2n) is 4.45. The number of hydrogen-bond acceptors (Lipinski definition) is 3. The first kappa shape index (κ1) is 13.4. The van der Waals surface area contributed by atoms with Gasteiger partial charge in [0.05, 0.1) is 0 Å². The van der Waals surface area contributed by atoms with Crippen LogP contribution >= 0.6 is 0 Å². The van der Waals surface area contributed by atoms with Crippen LogP contribution in [0.4, 0.5) is 0 Å². The zero-order chi connectivity index (χ0) is 11.2. The minimum atomic E-state index is -0.242. The van der Waals surface area contributed by atoms with Gasteiger partial charge in [0.15, 0.2) is 0 Å². The molecule has 0 unspecified atom stereocenters. The molecule has 14 heavy (non-hydrogen) atoms. The Morgan fingerprint density at radius 2 is 2.00 bits per heavy atom. The molecular weight excluding hydrogens is 178 g/mol. The third kappa shape index (κ3) is 5.94. The summed E-state index contributed by atoms with van der Waals surface area (Å²) in [6.07, 6.45) is 0.425. The Balaban J connectivity index is 3.96. The lowest BCUT2D eigenvalue weighted by Crippen LogP contribution is -2.40. The van der Waals surface area contributed by atoms with Crippen LogP contribution < -0.4 is 11.5 Å². The maximum Gasteiger partial charge on any atom is 0.218 e. The Labute approximate surface area is 86.6 Å². The fraction of sp³-hybridized carbons (Fsp3) is 0.900. The maximum atomic E-state index is 10.6. The van der Waals surface area contributed by atoms with Crippen LogP contribution in [-0.2, 0) is 4.79 Å². The monoisotopic (exact) mass is 201 g/mol. The van der Waals surface area contributed by atoms with Gasteiger partial charge in [-0.05, 0) is 18.5 Å². The number of hydrogen-bond donors (Lipinski definition) is 2. The second-order valence-corrected chi connectivity index (χ2v) is 4.45. The topological polar surface area (TPSA) is 72.3 Å². The Kier molecular flexibility index (Phi) is 5.72. The smallest absolute Gasteiger partial charge is 0.218 e. The van der Waals surface area contributed by atoms with E-state index in [-0.39, 0.29) is 11.3 Å². The highest BCUT2D eigenvalue weighted by Gasteiger charge is 2.19. The summed E-state index contributed by atoms with van der Waals surface area (Å²) in [5.74, 6) is -0.242. The van der Waals surface area contributed by atoms with Gasteiger partial charge < -0.3 is 16.4 Å². The molecule has 1 amide bonds. The molecule has 0 radical (unpaired) electrons. The summed E-state index contributed by atoms with van der Waals surface area (Å²) in [6.45, 7) is 9.55. The quantitative estimate of drug-likeness (QED) is 0.616. The van der Waals surface area contributed by atoms with E-state index in [2.05, 4.69) is 25.7 Å². The lowest BCUT2D eigenvalue weighted by Gasteiger charge is -2.30. The number of amides is 1. The molecule has 0 atom stereocenters. The van der Waals surface area contributed by atoms with E-state index in [0.29, 0.717) is 13.0 Å². The summed E-state index contributed by atoms with van der Waals surface area (Å²) in [6, 6.07) is 0. The largest absolute Gasteiger partial charge is 0.370 e. The lowest BCUT2D eigenvalue weighted by molar-refractivity contribution is -0.118. The molecule has 0 aliphatic rings. The van der Waals surface area contributed by atoms with Crippen LogP contribution in [0.5, 0.6) is 0 Å². The van der Waals surface area contributed by atoms with Crippen molar-refractivity contribution in [2.24, 2.45) is 16.9 Å². The van der Waals surface area contributed by atoms with Crippen LogP contribution in [0.1, 0.15) is 27.2 Å². The van der Waals surface area contributed by atoms with Crippen molar-refractivity contribution >= 4 is 5.91 Å². The van der Waals surface area contributed by atoms with Crippen LogP contribution in [-0.4, -0.2) is 37.0 Å². The highest BCUT2D eigenvalue weighted by molar-refractivity contribution is 5.73. The molecule has 0 aromatic heterocycles. The number of primary amides is 1. The van der Waals surface area contributed by atoms with E-state index in [0.717, 1.165) is 19.6 Å². The molecule has 0 aromatic rings. The molecule has 4 heteroatoms. The van der Waals surface area contributed by atoms with Gasteiger partial charge in [-0.15, -0.1) is 0 Å². The summed E-state index contributed by atoms with van der Waals surface area (Å²) in [7, 11) is 0. The normalized spacial score (nSPS) is 12.1. The van der Waals surface area contributed by atoms with Crippen molar-refractivity contribution in [2.75, 3.05) is 26.2 Å². The molecular formula is C10H23N3O. The molecule has 4 nitrogen and oxygen atoms in total. The second kappa shape index (κ2) is 5.98. The molecule has 0 aliphatic heterocycles. The van der Waals surface area contributed by atoms with Crippen LogP contribution in [0.25, 0.3) is 0 Å². The van der Waals surface area contributed by atoms with Crippen LogP contribution in [0.3, 0.4) is 0 Å². The number of carbonyl (C=O) groups is 1. The number of nitrogens with zero attached hydrogens (tertiary/aromatic N) is 1. The van der Waals surface area contributed by atoms with Gasteiger partial charge in [-0.3, -0.25) is 4.79 Å². The summed E-state index contributed by atoms with van der Waals surface area (Å²) in [5, 5.41) is 0. The van der Waals surface area contributed by atoms with Gasteiger partial charge in [0, 0.05) is 19.5 Å². The zero-order valence-electron chi connectivity index (χ0n) is 9.55. The third-order valence-electron chi connectivity index (χ3n) is 2.33. The van der Waals surface area contributed by atoms with Gasteiger partial charge in [-0.1, -0.05) is 20.8 Å². The average Bonchev–Trinajstić information content (AvgIpc) is 2.12. The van der Waals surface area contributed by atoms with Crippen molar-refractivity contribution in [3.63, 3.8) is 0 Å². The predicted molar refractivity (Wildman–Crippen MR) is 58.8 cm³/mol. The van der Waals surface area contributed by atoms with Gasteiger partial charge in [-0.25, -0.2) is 0 Å². The Morgan fingerprint density at radius 3 is 2.36 bits per heavy atom. The van der Waals surface area contributed by atoms with Gasteiger partial charge in [0.2, 0.25) is 5.91 Å². The minimum Gasteiger partial charge on any atom is -0.370 e. The molecule has 0 aromatic carbocycles. The standard InChI is InChI=1S/C10H23N3O/c1-4-13(6-5-9(12)14)8-10(2,3)7-11/h4-8,11H2,1-3H3,(H2,12,14). The van der Waals surface area contributed by atoms with E-state index in [1.807, 2.05) is 0 Å². The first-order chi connectivity index (χ1) is 6.41. The summed E-state index contributed by atoms with van der Waals surface area (Å²) < 4.78 is 0. The number of nitrogens with two attached hydrogens (primary N) is 2. The molecule has 0 spiro atoms. The van der Waals surface area contributed by atoms with Crippen molar-refractivity contribution in [2.45, 2.75) is 27.2 Å². The van der Waals surface area contributed by atoms with Crippen LogP contribution in [0.2, 0.25) is 0 Å². The van der Waals surface area contributed by atoms with Gasteiger partial charge in [0.1, 0.15) is 0 Å². The number of rotatable bonds is 7. The van der Waals surface area contributed by atoms with Crippen molar-refractivity contribution in [3.05, 3.63) is 0 Å². The third-order valence-corrected chi connectivity index (χ3v) is 2.33. The maximum absolute atomic E-state index is 10.6. The summed E-state index contributed by atoms with van der Waals surface area (Å²) in [4.78, 5) is 12.8. The van der Waals surface area contributed by atoms with Gasteiger partial charge >= 0.3 is 0 Å². The van der Waals surface area contributed by atoms with E-state index in [1.54, 1.807) is 0 Å². The SMILES string of the molecule is CCN(CCC(N)=O)CC(C)(C)CN. The van der Waals surface area contributed by atoms with E-state index in [4.69, 9.17) is 11.5 Å². The lowest BCUT2D eigenvalue weighted by atomic mass is 9.93. The highest BCUT2D eigenvalue weighted by atomic mass is 16.1. The minimum absolute atomic E-state index is 0.105. The summed E-state index contributed by atoms with van der Waals surface area (Å²) in [5.41, 5.74) is 10.9. The van der Waals surface area contributed by atoms with Crippen molar-refractivity contribution < 1.29 is 4.79 Å². The molecule has 0 bridgehead atoms.